The molecule has 0 aliphatic rings. The van der Waals surface area contributed by atoms with Gasteiger partial charge in [-0.05, 0) is 18.9 Å². The van der Waals surface area contributed by atoms with E-state index in [9.17, 15) is 0 Å². The van der Waals surface area contributed by atoms with Crippen molar-refractivity contribution in [1.82, 2.24) is 19.7 Å². The first-order chi connectivity index (χ1) is 8.83. The van der Waals surface area contributed by atoms with Crippen molar-refractivity contribution >= 4 is 5.82 Å². The third-order valence-corrected chi connectivity index (χ3v) is 2.56. The fraction of sp³-hybridized carbons (Fsp3) is 0.462. The smallest absolute Gasteiger partial charge is 0.164 e. The van der Waals surface area contributed by atoms with Crippen LogP contribution in [-0.4, -0.2) is 26.3 Å². The summed E-state index contributed by atoms with van der Waals surface area (Å²) in [6.45, 7) is 6.11. The molecule has 2 aromatic rings. The van der Waals surface area contributed by atoms with E-state index >= 15 is 0 Å². The van der Waals surface area contributed by atoms with E-state index in [1.165, 1.54) is 0 Å². The highest BCUT2D eigenvalue weighted by atomic mass is 15.3. The third-order valence-electron chi connectivity index (χ3n) is 2.56. The van der Waals surface area contributed by atoms with Crippen LogP contribution in [0.15, 0.2) is 24.7 Å². The summed E-state index contributed by atoms with van der Waals surface area (Å²) in [6, 6.07) is 1.88. The second-order valence-electron chi connectivity index (χ2n) is 4.18. The molecule has 1 N–H and O–H groups in total. The Morgan fingerprint density at radius 1 is 1.28 bits per heavy atom. The average Bonchev–Trinajstić information content (AvgIpc) is 2.86. The number of hydrogen-bond acceptors (Lipinski definition) is 4. The number of aromatic nitrogens is 4. The maximum absolute atomic E-state index is 4.48. The summed E-state index contributed by atoms with van der Waals surface area (Å²) >= 11 is 0. The Hall–Kier alpha value is -1.91. The number of hydrogen-bond donors (Lipinski definition) is 1. The van der Waals surface area contributed by atoms with E-state index in [1.807, 2.05) is 23.1 Å². The van der Waals surface area contributed by atoms with Gasteiger partial charge in [0.25, 0.3) is 0 Å². The minimum Gasteiger partial charge on any atom is -0.370 e. The standard InChI is InChI=1S/C13H19N5/c1-3-6-14-12-5-7-15-13(17-12)11-9-16-18(10-11)8-4-2/h5,7,9-10H,3-4,6,8H2,1-2H3,(H,14,15,17). The Labute approximate surface area is 107 Å². The molecule has 0 aliphatic carbocycles. The van der Waals surface area contributed by atoms with Crippen molar-refractivity contribution in [3.63, 3.8) is 0 Å². The second kappa shape index (κ2) is 6.14. The number of aryl methyl sites for hydroxylation is 1. The van der Waals surface area contributed by atoms with Crippen molar-refractivity contribution in [3.05, 3.63) is 24.7 Å². The third kappa shape index (κ3) is 3.06. The lowest BCUT2D eigenvalue weighted by molar-refractivity contribution is 0.603. The van der Waals surface area contributed by atoms with Crippen molar-refractivity contribution in [2.75, 3.05) is 11.9 Å². The number of anilines is 1. The molecule has 0 unspecified atom stereocenters. The van der Waals surface area contributed by atoms with Gasteiger partial charge in [0.15, 0.2) is 5.82 Å². The predicted molar refractivity (Wildman–Crippen MR) is 72.3 cm³/mol. The van der Waals surface area contributed by atoms with Gasteiger partial charge >= 0.3 is 0 Å². The molecule has 0 atom stereocenters. The van der Waals surface area contributed by atoms with E-state index in [0.29, 0.717) is 0 Å². The van der Waals surface area contributed by atoms with Gasteiger partial charge in [-0.1, -0.05) is 13.8 Å². The van der Waals surface area contributed by atoms with Crippen molar-refractivity contribution in [2.45, 2.75) is 33.2 Å². The number of nitrogens with zero attached hydrogens (tertiary/aromatic N) is 4. The molecule has 0 aromatic carbocycles. The Morgan fingerprint density at radius 3 is 2.94 bits per heavy atom. The summed E-state index contributed by atoms with van der Waals surface area (Å²) < 4.78 is 1.92. The monoisotopic (exact) mass is 245 g/mol. The van der Waals surface area contributed by atoms with E-state index in [2.05, 4.69) is 34.2 Å². The second-order valence-corrected chi connectivity index (χ2v) is 4.18. The van der Waals surface area contributed by atoms with Gasteiger partial charge in [-0.3, -0.25) is 4.68 Å². The quantitative estimate of drug-likeness (QED) is 0.849. The molecule has 2 rings (SSSR count). The molecule has 0 aliphatic heterocycles. The van der Waals surface area contributed by atoms with Crippen molar-refractivity contribution in [3.8, 4) is 11.4 Å². The summed E-state index contributed by atoms with van der Waals surface area (Å²) in [4.78, 5) is 8.77. The fourth-order valence-corrected chi connectivity index (χ4v) is 1.68. The first kappa shape index (κ1) is 12.5. The summed E-state index contributed by atoms with van der Waals surface area (Å²) in [5.74, 6) is 1.59. The zero-order valence-electron chi connectivity index (χ0n) is 10.9. The molecule has 0 spiro atoms. The van der Waals surface area contributed by atoms with Gasteiger partial charge in [0, 0.05) is 25.5 Å². The summed E-state index contributed by atoms with van der Waals surface area (Å²) in [5, 5.41) is 7.55. The molecule has 5 nitrogen and oxygen atoms in total. The Kier molecular flexibility index (Phi) is 4.28. The van der Waals surface area contributed by atoms with Crippen LogP contribution >= 0.6 is 0 Å². The summed E-state index contributed by atoms with van der Waals surface area (Å²) in [6.07, 6.45) is 7.72. The molecule has 18 heavy (non-hydrogen) atoms. The molecule has 5 heteroatoms. The molecule has 2 aromatic heterocycles. The van der Waals surface area contributed by atoms with Crippen LogP contribution < -0.4 is 5.32 Å². The van der Waals surface area contributed by atoms with E-state index in [-0.39, 0.29) is 0 Å². The largest absolute Gasteiger partial charge is 0.370 e. The highest BCUT2D eigenvalue weighted by Crippen LogP contribution is 2.15. The van der Waals surface area contributed by atoms with Crippen LogP contribution in [0.25, 0.3) is 11.4 Å². The zero-order valence-corrected chi connectivity index (χ0v) is 10.9. The van der Waals surface area contributed by atoms with Crippen LogP contribution in [0.2, 0.25) is 0 Å². The van der Waals surface area contributed by atoms with Gasteiger partial charge in [0.2, 0.25) is 0 Å². The predicted octanol–water partition coefficient (Wildman–Crippen LogP) is 2.57. The Bertz CT molecular complexity index is 492. The zero-order chi connectivity index (χ0) is 12.8. The van der Waals surface area contributed by atoms with Crippen LogP contribution in [0.4, 0.5) is 5.82 Å². The van der Waals surface area contributed by atoms with Crippen LogP contribution in [-0.2, 0) is 6.54 Å². The van der Waals surface area contributed by atoms with E-state index < -0.39 is 0 Å². The molecular formula is C13H19N5. The van der Waals surface area contributed by atoms with Gasteiger partial charge in [0.05, 0.1) is 11.8 Å². The molecule has 0 radical (unpaired) electrons. The highest BCUT2D eigenvalue weighted by Gasteiger charge is 2.05. The number of rotatable bonds is 6. The lowest BCUT2D eigenvalue weighted by Gasteiger charge is -2.04. The van der Waals surface area contributed by atoms with E-state index in [4.69, 9.17) is 0 Å². The maximum Gasteiger partial charge on any atom is 0.164 e. The minimum atomic E-state index is 0.721. The summed E-state index contributed by atoms with van der Waals surface area (Å²) in [7, 11) is 0. The Morgan fingerprint density at radius 2 is 2.17 bits per heavy atom. The first-order valence-electron chi connectivity index (χ1n) is 6.43. The lowest BCUT2D eigenvalue weighted by atomic mass is 10.3. The van der Waals surface area contributed by atoms with Gasteiger partial charge < -0.3 is 5.32 Å². The molecule has 0 saturated carbocycles. The van der Waals surface area contributed by atoms with Crippen molar-refractivity contribution in [1.29, 1.82) is 0 Å². The van der Waals surface area contributed by atoms with Crippen molar-refractivity contribution in [2.24, 2.45) is 0 Å². The molecule has 0 saturated heterocycles. The maximum atomic E-state index is 4.48. The van der Waals surface area contributed by atoms with Crippen LogP contribution in [0.1, 0.15) is 26.7 Å². The van der Waals surface area contributed by atoms with E-state index in [0.717, 1.165) is 43.1 Å². The first-order valence-corrected chi connectivity index (χ1v) is 6.43. The van der Waals surface area contributed by atoms with Gasteiger partial charge in [-0.15, -0.1) is 0 Å². The molecule has 0 amide bonds. The molecular weight excluding hydrogens is 226 g/mol. The SMILES string of the molecule is CCCNc1ccnc(-c2cnn(CCC)c2)n1. The number of nitrogens with one attached hydrogen (secondary N) is 1. The van der Waals surface area contributed by atoms with E-state index in [1.54, 1.807) is 6.20 Å². The normalized spacial score (nSPS) is 10.6. The molecule has 2 heterocycles. The minimum absolute atomic E-state index is 0.721. The van der Waals surface area contributed by atoms with Crippen molar-refractivity contribution < 1.29 is 0 Å². The molecule has 0 bridgehead atoms. The van der Waals surface area contributed by atoms with Crippen LogP contribution in [0.5, 0.6) is 0 Å². The average molecular weight is 245 g/mol. The van der Waals surface area contributed by atoms with Gasteiger partial charge in [-0.25, -0.2) is 9.97 Å². The lowest BCUT2D eigenvalue weighted by Crippen LogP contribution is -2.02. The summed E-state index contributed by atoms with van der Waals surface area (Å²) in [5.41, 5.74) is 0.962. The van der Waals surface area contributed by atoms with Crippen LogP contribution in [0, 0.1) is 0 Å². The fourth-order valence-electron chi connectivity index (χ4n) is 1.68. The van der Waals surface area contributed by atoms with Crippen LogP contribution in [0.3, 0.4) is 0 Å². The topological polar surface area (TPSA) is 55.6 Å². The molecule has 96 valence electrons. The highest BCUT2D eigenvalue weighted by molar-refractivity contribution is 5.54. The Balaban J connectivity index is 2.15. The van der Waals surface area contributed by atoms with Gasteiger partial charge in [-0.2, -0.15) is 5.10 Å². The molecule has 0 fully saturated rings. The van der Waals surface area contributed by atoms with Gasteiger partial charge in [0.1, 0.15) is 5.82 Å².